The summed E-state index contributed by atoms with van der Waals surface area (Å²) in [7, 11) is 0. The molecule has 0 aromatic rings. The molecule has 1 fully saturated rings. The minimum absolute atomic E-state index is 0.000904. The molecule has 1 rings (SSSR count). The van der Waals surface area contributed by atoms with Gasteiger partial charge in [-0.3, -0.25) is 4.79 Å². The second-order valence-electron chi connectivity index (χ2n) is 5.36. The lowest BCUT2D eigenvalue weighted by atomic mass is 9.90. The molecule has 5 heteroatoms. The standard InChI is InChI=1S/C12H21NO4/c1-8(2)9(3)11(16)13-6-12(4,7-13)17-5-10(14)15/h8-9H,5-7H2,1-4H3,(H,14,15). The van der Waals surface area contributed by atoms with E-state index in [1.54, 1.807) is 4.90 Å². The van der Waals surface area contributed by atoms with Crippen molar-refractivity contribution in [2.45, 2.75) is 33.3 Å². The summed E-state index contributed by atoms with van der Waals surface area (Å²) in [4.78, 5) is 24.1. The van der Waals surface area contributed by atoms with Gasteiger partial charge in [0.1, 0.15) is 12.2 Å². The van der Waals surface area contributed by atoms with Crippen LogP contribution >= 0.6 is 0 Å². The molecule has 1 N–H and O–H groups in total. The van der Waals surface area contributed by atoms with E-state index in [1.165, 1.54) is 0 Å². The molecule has 1 aliphatic heterocycles. The number of likely N-dealkylation sites (tertiary alicyclic amines) is 1. The number of carbonyl (C=O) groups excluding carboxylic acids is 1. The highest BCUT2D eigenvalue weighted by atomic mass is 16.5. The van der Waals surface area contributed by atoms with Gasteiger partial charge in [-0.15, -0.1) is 0 Å². The van der Waals surface area contributed by atoms with Gasteiger partial charge >= 0.3 is 5.97 Å². The van der Waals surface area contributed by atoms with Gasteiger partial charge in [-0.1, -0.05) is 20.8 Å². The van der Waals surface area contributed by atoms with Crippen molar-refractivity contribution in [3.63, 3.8) is 0 Å². The fourth-order valence-corrected chi connectivity index (χ4v) is 1.82. The Hall–Kier alpha value is -1.10. The Labute approximate surface area is 102 Å². The van der Waals surface area contributed by atoms with Crippen molar-refractivity contribution in [3.05, 3.63) is 0 Å². The van der Waals surface area contributed by atoms with Crippen LogP contribution in [0.3, 0.4) is 0 Å². The van der Waals surface area contributed by atoms with Crippen molar-refractivity contribution in [1.29, 1.82) is 0 Å². The van der Waals surface area contributed by atoms with Gasteiger partial charge in [0.05, 0.1) is 13.1 Å². The van der Waals surface area contributed by atoms with Crippen LogP contribution in [-0.2, 0) is 14.3 Å². The summed E-state index contributed by atoms with van der Waals surface area (Å²) < 4.78 is 5.25. The van der Waals surface area contributed by atoms with Crippen molar-refractivity contribution < 1.29 is 19.4 Å². The molecular formula is C12H21NO4. The van der Waals surface area contributed by atoms with E-state index in [0.717, 1.165) is 0 Å². The predicted molar refractivity (Wildman–Crippen MR) is 62.6 cm³/mol. The average Bonchev–Trinajstić information content (AvgIpc) is 2.20. The number of hydrogen-bond donors (Lipinski definition) is 1. The number of ether oxygens (including phenoxy) is 1. The quantitative estimate of drug-likeness (QED) is 0.781. The van der Waals surface area contributed by atoms with Gasteiger partial charge in [-0.2, -0.15) is 0 Å². The third-order valence-corrected chi connectivity index (χ3v) is 3.30. The monoisotopic (exact) mass is 243 g/mol. The fraction of sp³-hybridized carbons (Fsp3) is 0.833. The number of rotatable bonds is 5. The summed E-state index contributed by atoms with van der Waals surface area (Å²) in [5.41, 5.74) is -0.495. The second-order valence-corrected chi connectivity index (χ2v) is 5.36. The van der Waals surface area contributed by atoms with Crippen molar-refractivity contribution in [2.24, 2.45) is 11.8 Å². The van der Waals surface area contributed by atoms with Crippen molar-refractivity contribution >= 4 is 11.9 Å². The Kier molecular flexibility index (Phi) is 4.14. The summed E-state index contributed by atoms with van der Waals surface area (Å²) in [5.74, 6) is -0.545. The second kappa shape index (κ2) is 5.04. The average molecular weight is 243 g/mol. The van der Waals surface area contributed by atoms with Crippen LogP contribution in [-0.4, -0.2) is 47.2 Å². The molecular weight excluding hydrogens is 222 g/mol. The molecule has 0 bridgehead atoms. The molecule has 1 amide bonds. The van der Waals surface area contributed by atoms with E-state index in [4.69, 9.17) is 9.84 Å². The molecule has 1 unspecified atom stereocenters. The molecule has 98 valence electrons. The SMILES string of the molecule is CC(C)C(C)C(=O)N1CC(C)(OCC(=O)O)C1. The zero-order chi connectivity index (χ0) is 13.2. The van der Waals surface area contributed by atoms with Crippen LogP contribution in [0.5, 0.6) is 0 Å². The largest absolute Gasteiger partial charge is 0.480 e. The van der Waals surface area contributed by atoms with E-state index in [0.29, 0.717) is 19.0 Å². The van der Waals surface area contributed by atoms with E-state index in [1.807, 2.05) is 27.7 Å². The number of carboxylic acid groups (broad SMARTS) is 1. The van der Waals surface area contributed by atoms with Crippen molar-refractivity contribution in [3.8, 4) is 0 Å². The minimum atomic E-state index is -0.980. The van der Waals surface area contributed by atoms with Gasteiger partial charge in [0.15, 0.2) is 0 Å². The molecule has 5 nitrogen and oxygen atoms in total. The Bertz CT molecular complexity index is 308. The molecule has 1 saturated heterocycles. The summed E-state index contributed by atoms with van der Waals surface area (Å²) in [6.07, 6.45) is 0. The molecule has 0 aromatic heterocycles. The molecule has 0 spiro atoms. The van der Waals surface area contributed by atoms with E-state index in [-0.39, 0.29) is 18.4 Å². The first-order valence-corrected chi connectivity index (χ1v) is 5.90. The topological polar surface area (TPSA) is 66.8 Å². The Morgan fingerprint density at radius 3 is 2.29 bits per heavy atom. The summed E-state index contributed by atoms with van der Waals surface area (Å²) >= 11 is 0. The highest BCUT2D eigenvalue weighted by Gasteiger charge is 2.43. The number of aliphatic carboxylic acids is 1. The third kappa shape index (κ3) is 3.43. The van der Waals surface area contributed by atoms with Gasteiger partial charge in [0, 0.05) is 5.92 Å². The Morgan fingerprint density at radius 2 is 1.88 bits per heavy atom. The highest BCUT2D eigenvalue weighted by molar-refractivity contribution is 5.79. The van der Waals surface area contributed by atoms with Crippen molar-refractivity contribution in [2.75, 3.05) is 19.7 Å². The van der Waals surface area contributed by atoms with Crippen LogP contribution in [0, 0.1) is 11.8 Å². The number of amides is 1. The van der Waals surface area contributed by atoms with Crippen LogP contribution in [0.15, 0.2) is 0 Å². The van der Waals surface area contributed by atoms with E-state index >= 15 is 0 Å². The van der Waals surface area contributed by atoms with Gasteiger partial charge in [0.25, 0.3) is 0 Å². The molecule has 1 aliphatic rings. The van der Waals surface area contributed by atoms with Crippen LogP contribution in [0.25, 0.3) is 0 Å². The molecule has 1 atom stereocenters. The number of hydrogen-bond acceptors (Lipinski definition) is 3. The first kappa shape index (κ1) is 14.0. The van der Waals surface area contributed by atoms with E-state index in [2.05, 4.69) is 0 Å². The first-order valence-electron chi connectivity index (χ1n) is 5.90. The summed E-state index contributed by atoms with van der Waals surface area (Å²) in [6.45, 7) is 8.44. The normalized spacial score (nSPS) is 19.9. The van der Waals surface area contributed by atoms with E-state index < -0.39 is 11.6 Å². The Balaban J connectivity index is 2.40. The lowest BCUT2D eigenvalue weighted by molar-refractivity contribution is -0.176. The van der Waals surface area contributed by atoms with Gasteiger partial charge in [0.2, 0.25) is 5.91 Å². The summed E-state index contributed by atoms with van der Waals surface area (Å²) in [5, 5.41) is 8.53. The minimum Gasteiger partial charge on any atom is -0.480 e. The molecule has 0 aliphatic carbocycles. The lowest BCUT2D eigenvalue weighted by Crippen LogP contribution is -2.64. The smallest absolute Gasteiger partial charge is 0.329 e. The van der Waals surface area contributed by atoms with Crippen molar-refractivity contribution in [1.82, 2.24) is 4.90 Å². The fourth-order valence-electron chi connectivity index (χ4n) is 1.82. The molecule has 0 radical (unpaired) electrons. The zero-order valence-corrected chi connectivity index (χ0v) is 10.9. The molecule has 0 aromatic carbocycles. The number of carboxylic acids is 1. The van der Waals surface area contributed by atoms with Crippen LogP contribution in [0.4, 0.5) is 0 Å². The van der Waals surface area contributed by atoms with Gasteiger partial charge in [-0.25, -0.2) is 4.79 Å². The number of nitrogens with zero attached hydrogens (tertiary/aromatic N) is 1. The van der Waals surface area contributed by atoms with Gasteiger partial charge in [-0.05, 0) is 12.8 Å². The number of carbonyl (C=O) groups is 2. The van der Waals surface area contributed by atoms with Crippen LogP contribution in [0.1, 0.15) is 27.7 Å². The highest BCUT2D eigenvalue weighted by Crippen LogP contribution is 2.27. The maximum atomic E-state index is 11.9. The lowest BCUT2D eigenvalue weighted by Gasteiger charge is -2.48. The van der Waals surface area contributed by atoms with E-state index in [9.17, 15) is 9.59 Å². The maximum absolute atomic E-state index is 11.9. The summed E-state index contributed by atoms with van der Waals surface area (Å²) in [6, 6.07) is 0. The maximum Gasteiger partial charge on any atom is 0.329 e. The predicted octanol–water partition coefficient (Wildman–Crippen LogP) is 0.981. The zero-order valence-electron chi connectivity index (χ0n) is 10.9. The van der Waals surface area contributed by atoms with Crippen LogP contribution in [0.2, 0.25) is 0 Å². The molecule has 17 heavy (non-hydrogen) atoms. The third-order valence-electron chi connectivity index (χ3n) is 3.30. The molecule has 1 heterocycles. The molecule has 0 saturated carbocycles. The first-order chi connectivity index (χ1) is 7.75. The van der Waals surface area contributed by atoms with Gasteiger partial charge < -0.3 is 14.7 Å². The van der Waals surface area contributed by atoms with Crippen LogP contribution < -0.4 is 0 Å². The Morgan fingerprint density at radius 1 is 1.35 bits per heavy atom.